The number of H-pyrrole nitrogens is 1. The number of rotatable bonds is 3. The molecule has 1 aromatic carbocycles. The van der Waals surface area contributed by atoms with Crippen LogP contribution in [0.2, 0.25) is 0 Å². The summed E-state index contributed by atoms with van der Waals surface area (Å²) in [5.74, 6) is -3.54. The Kier molecular flexibility index (Phi) is 3.00. The summed E-state index contributed by atoms with van der Waals surface area (Å²) in [6, 6.07) is 5.16. The highest BCUT2D eigenvalue weighted by molar-refractivity contribution is 5.95. The molecule has 1 aromatic heterocycles. The zero-order valence-corrected chi connectivity index (χ0v) is 11.6. The number of nitrogens with one attached hydrogen (secondary N) is 2. The van der Waals surface area contributed by atoms with Gasteiger partial charge in [0.25, 0.3) is 5.92 Å². The third kappa shape index (κ3) is 2.63. The minimum Gasteiger partial charge on any atom is -0.326 e. The van der Waals surface area contributed by atoms with E-state index < -0.39 is 17.7 Å². The van der Waals surface area contributed by atoms with Crippen molar-refractivity contribution in [2.24, 2.45) is 5.92 Å². The van der Waals surface area contributed by atoms with Crippen LogP contribution in [0, 0.1) is 19.8 Å². The highest BCUT2D eigenvalue weighted by Gasteiger charge is 2.61. The fraction of sp³-hybridized carbons (Fsp3) is 0.357. The third-order valence-corrected chi connectivity index (χ3v) is 3.49. The van der Waals surface area contributed by atoms with E-state index in [1.54, 1.807) is 25.1 Å². The molecule has 1 atom stereocenters. The van der Waals surface area contributed by atoms with Crippen LogP contribution >= 0.6 is 0 Å². The number of hydrogen-bond donors (Lipinski definition) is 2. The van der Waals surface area contributed by atoms with Crippen molar-refractivity contribution in [3.8, 4) is 11.4 Å². The molecule has 1 aliphatic carbocycles. The van der Waals surface area contributed by atoms with Gasteiger partial charge in [0.1, 0.15) is 11.7 Å². The number of aromatic nitrogens is 3. The predicted molar refractivity (Wildman–Crippen MR) is 73.0 cm³/mol. The molecular weight excluding hydrogens is 278 g/mol. The maximum atomic E-state index is 12.9. The van der Waals surface area contributed by atoms with Crippen LogP contribution in [0.1, 0.15) is 17.8 Å². The molecule has 0 spiro atoms. The standard InChI is InChI=1S/C14H14F2N4O/c1-7-3-4-9(18-13(21)11-6-14(11,15)16)5-10(7)12-17-8(2)19-20-12/h3-5,11H,6H2,1-2H3,(H,18,21)(H,17,19,20)/t11-/m1/s1. The molecule has 0 unspecified atom stereocenters. The van der Waals surface area contributed by atoms with Crippen LogP contribution in [0.15, 0.2) is 18.2 Å². The molecule has 110 valence electrons. The van der Waals surface area contributed by atoms with E-state index in [-0.39, 0.29) is 6.42 Å². The molecule has 1 heterocycles. The Balaban J connectivity index is 1.83. The van der Waals surface area contributed by atoms with E-state index in [1.807, 2.05) is 6.92 Å². The second-order valence-electron chi connectivity index (χ2n) is 5.28. The molecule has 2 aromatic rings. The second-order valence-corrected chi connectivity index (χ2v) is 5.28. The van der Waals surface area contributed by atoms with Crippen molar-refractivity contribution >= 4 is 11.6 Å². The molecular formula is C14H14F2N4O. The Morgan fingerprint density at radius 2 is 2.14 bits per heavy atom. The van der Waals surface area contributed by atoms with Gasteiger partial charge in [0, 0.05) is 17.7 Å². The summed E-state index contributed by atoms with van der Waals surface area (Å²) < 4.78 is 25.8. The first-order valence-corrected chi connectivity index (χ1v) is 6.55. The fourth-order valence-corrected chi connectivity index (χ4v) is 2.13. The van der Waals surface area contributed by atoms with E-state index >= 15 is 0 Å². The number of carbonyl (C=O) groups is 1. The summed E-state index contributed by atoms with van der Waals surface area (Å²) in [6.45, 7) is 3.67. The lowest BCUT2D eigenvalue weighted by Gasteiger charge is -2.08. The van der Waals surface area contributed by atoms with E-state index in [9.17, 15) is 13.6 Å². The smallest absolute Gasteiger partial charge is 0.260 e. The Morgan fingerprint density at radius 3 is 2.71 bits per heavy atom. The highest BCUT2D eigenvalue weighted by Crippen LogP contribution is 2.49. The van der Waals surface area contributed by atoms with E-state index in [0.29, 0.717) is 17.3 Å². The van der Waals surface area contributed by atoms with Gasteiger partial charge < -0.3 is 5.32 Å². The van der Waals surface area contributed by atoms with Gasteiger partial charge in [0.15, 0.2) is 5.82 Å². The molecule has 21 heavy (non-hydrogen) atoms. The number of anilines is 1. The summed E-state index contributed by atoms with van der Waals surface area (Å²) in [5.41, 5.74) is 2.15. The number of aryl methyl sites for hydroxylation is 2. The summed E-state index contributed by atoms with van der Waals surface area (Å²) in [6.07, 6.45) is -0.377. The quantitative estimate of drug-likeness (QED) is 0.913. The van der Waals surface area contributed by atoms with Crippen LogP contribution < -0.4 is 5.32 Å². The van der Waals surface area contributed by atoms with Crippen molar-refractivity contribution in [3.05, 3.63) is 29.6 Å². The number of nitrogens with zero attached hydrogens (tertiary/aromatic N) is 2. The molecule has 3 rings (SSSR count). The number of carbonyl (C=O) groups excluding carboxylic acids is 1. The Bertz CT molecular complexity index is 711. The van der Waals surface area contributed by atoms with Gasteiger partial charge in [-0.15, -0.1) is 0 Å². The monoisotopic (exact) mass is 292 g/mol. The number of benzene rings is 1. The molecule has 1 aliphatic rings. The maximum Gasteiger partial charge on any atom is 0.260 e. The van der Waals surface area contributed by atoms with Crippen LogP contribution in [0.3, 0.4) is 0 Å². The average Bonchev–Trinajstić information content (AvgIpc) is 2.85. The lowest BCUT2D eigenvalue weighted by molar-refractivity contribution is -0.119. The summed E-state index contributed by atoms with van der Waals surface area (Å²) in [5, 5.41) is 9.33. The largest absolute Gasteiger partial charge is 0.326 e. The minimum absolute atomic E-state index is 0.377. The molecule has 0 bridgehead atoms. The van der Waals surface area contributed by atoms with Gasteiger partial charge in [-0.2, -0.15) is 5.10 Å². The normalized spacial score (nSPS) is 19.3. The summed E-state index contributed by atoms with van der Waals surface area (Å²) in [7, 11) is 0. The van der Waals surface area contributed by atoms with E-state index in [4.69, 9.17) is 0 Å². The molecule has 5 nitrogen and oxygen atoms in total. The first-order valence-electron chi connectivity index (χ1n) is 6.55. The zero-order chi connectivity index (χ0) is 15.2. The van der Waals surface area contributed by atoms with Crippen molar-refractivity contribution in [2.45, 2.75) is 26.2 Å². The second kappa shape index (κ2) is 4.61. The molecule has 0 aliphatic heterocycles. The van der Waals surface area contributed by atoms with Gasteiger partial charge in [-0.05, 0) is 31.5 Å². The van der Waals surface area contributed by atoms with Gasteiger partial charge in [0.05, 0.1) is 0 Å². The molecule has 1 fully saturated rings. The highest BCUT2D eigenvalue weighted by atomic mass is 19.3. The van der Waals surface area contributed by atoms with E-state index in [1.165, 1.54) is 0 Å². The van der Waals surface area contributed by atoms with Crippen molar-refractivity contribution in [2.75, 3.05) is 5.32 Å². The molecule has 2 N–H and O–H groups in total. The van der Waals surface area contributed by atoms with Crippen LogP contribution in [-0.4, -0.2) is 27.0 Å². The van der Waals surface area contributed by atoms with Crippen LogP contribution in [0.5, 0.6) is 0 Å². The number of hydrogen-bond acceptors (Lipinski definition) is 3. The first kappa shape index (κ1) is 13.7. The molecule has 0 radical (unpaired) electrons. The van der Waals surface area contributed by atoms with E-state index in [2.05, 4.69) is 20.5 Å². The van der Waals surface area contributed by atoms with Gasteiger partial charge in [-0.1, -0.05) is 6.07 Å². The molecule has 0 saturated heterocycles. The topological polar surface area (TPSA) is 70.7 Å². The third-order valence-electron chi connectivity index (χ3n) is 3.49. The maximum absolute atomic E-state index is 12.9. The predicted octanol–water partition coefficient (Wildman–Crippen LogP) is 2.68. The van der Waals surface area contributed by atoms with Crippen molar-refractivity contribution in [3.63, 3.8) is 0 Å². The Labute approximate surface area is 119 Å². The average molecular weight is 292 g/mol. The van der Waals surface area contributed by atoms with Gasteiger partial charge in [0.2, 0.25) is 5.91 Å². The number of aromatic amines is 1. The summed E-state index contributed by atoms with van der Waals surface area (Å²) in [4.78, 5) is 15.9. The van der Waals surface area contributed by atoms with Crippen LogP contribution in [0.25, 0.3) is 11.4 Å². The Morgan fingerprint density at radius 1 is 1.43 bits per heavy atom. The molecule has 7 heteroatoms. The fourth-order valence-electron chi connectivity index (χ4n) is 2.13. The van der Waals surface area contributed by atoms with Gasteiger partial charge >= 0.3 is 0 Å². The molecule has 1 saturated carbocycles. The number of amides is 1. The van der Waals surface area contributed by atoms with Crippen LogP contribution in [0.4, 0.5) is 14.5 Å². The molecule has 1 amide bonds. The summed E-state index contributed by atoms with van der Waals surface area (Å²) >= 11 is 0. The number of halogens is 2. The van der Waals surface area contributed by atoms with Crippen molar-refractivity contribution in [1.82, 2.24) is 15.2 Å². The lowest BCUT2D eigenvalue weighted by atomic mass is 10.1. The Hall–Kier alpha value is -2.31. The number of alkyl halides is 2. The van der Waals surface area contributed by atoms with Crippen molar-refractivity contribution in [1.29, 1.82) is 0 Å². The first-order chi connectivity index (χ1) is 9.87. The van der Waals surface area contributed by atoms with E-state index in [0.717, 1.165) is 11.1 Å². The minimum atomic E-state index is -2.86. The van der Waals surface area contributed by atoms with Gasteiger partial charge in [-0.25, -0.2) is 13.8 Å². The van der Waals surface area contributed by atoms with Crippen molar-refractivity contribution < 1.29 is 13.6 Å². The zero-order valence-electron chi connectivity index (χ0n) is 11.6. The van der Waals surface area contributed by atoms with Gasteiger partial charge in [-0.3, -0.25) is 9.89 Å². The van der Waals surface area contributed by atoms with Crippen LogP contribution in [-0.2, 0) is 4.79 Å². The lowest BCUT2D eigenvalue weighted by Crippen LogP contribution is -2.17. The SMILES string of the molecule is Cc1nc(-c2cc(NC(=O)[C@H]3CC3(F)F)ccc2C)n[nH]1.